The van der Waals surface area contributed by atoms with Crippen LogP contribution in [0.2, 0.25) is 0 Å². The number of hydrogen-bond donors (Lipinski definition) is 2. The maximum absolute atomic E-state index is 16.1. The van der Waals surface area contributed by atoms with Crippen molar-refractivity contribution in [3.63, 3.8) is 0 Å². The first-order chi connectivity index (χ1) is 16.7. The van der Waals surface area contributed by atoms with Crippen LogP contribution >= 0.6 is 0 Å². The Balaban J connectivity index is 2.17. The normalized spacial score (nSPS) is 14.7. The molecule has 2 aromatic rings. The van der Waals surface area contributed by atoms with Gasteiger partial charge in [-0.1, -0.05) is 0 Å². The van der Waals surface area contributed by atoms with Gasteiger partial charge in [0.25, 0.3) is 0 Å². The van der Waals surface area contributed by atoms with E-state index >= 15 is 17.6 Å². The summed E-state index contributed by atoms with van der Waals surface area (Å²) in [5.41, 5.74) is -0.554. The molecule has 4 nitrogen and oxygen atoms in total. The molecule has 2 N–H and O–H groups in total. The van der Waals surface area contributed by atoms with Gasteiger partial charge in [0, 0.05) is 0 Å². The molecule has 35 heavy (non-hydrogen) atoms. The number of hydrogen-bond acceptors (Lipinski definition) is 2. The van der Waals surface area contributed by atoms with E-state index in [9.17, 15) is 9.59 Å². The number of carbonyl (C=O) groups excluding carboxylic acids is 2. The zero-order valence-corrected chi connectivity index (χ0v) is 20.6. The fraction of sp³-hybridized carbons (Fsp3) is 0.154. The summed E-state index contributed by atoms with van der Waals surface area (Å²) < 4.78 is 63.9. The SMILES string of the molecule is CC(=O)Nc1ccc(F)[c]([Ti]([C]2=CC=CC2)([C]2=CC=CC2)[c]2c(F)ccc(NC(C)=O)c2F)c1F. The summed E-state index contributed by atoms with van der Waals surface area (Å²) in [4.78, 5) is 23.4. The average molecular weight is 518 g/mol. The molecule has 9 heteroatoms. The van der Waals surface area contributed by atoms with Crippen LogP contribution in [0.1, 0.15) is 26.7 Å². The Hall–Kier alpha value is -3.23. The molecule has 0 atom stereocenters. The van der Waals surface area contributed by atoms with Crippen LogP contribution in [-0.4, -0.2) is 11.8 Å². The summed E-state index contributed by atoms with van der Waals surface area (Å²) in [6.07, 6.45) is 10.7. The van der Waals surface area contributed by atoms with Crippen LogP contribution in [0.25, 0.3) is 0 Å². The van der Waals surface area contributed by atoms with Crippen molar-refractivity contribution in [2.24, 2.45) is 0 Å². The van der Waals surface area contributed by atoms with E-state index in [1.54, 1.807) is 36.5 Å². The third kappa shape index (κ3) is 4.32. The second kappa shape index (κ2) is 9.80. The molecule has 0 heterocycles. The van der Waals surface area contributed by atoms with Gasteiger partial charge in [0.1, 0.15) is 0 Å². The molecule has 0 radical (unpaired) electrons. The third-order valence-electron chi connectivity index (χ3n) is 6.06. The van der Waals surface area contributed by atoms with Crippen LogP contribution in [0.5, 0.6) is 0 Å². The van der Waals surface area contributed by atoms with Crippen LogP contribution in [0.15, 0.2) is 68.5 Å². The Morgan fingerprint density at radius 1 is 0.714 bits per heavy atom. The van der Waals surface area contributed by atoms with E-state index in [0.717, 1.165) is 24.3 Å². The number of nitrogens with one attached hydrogen (secondary N) is 2. The fourth-order valence-corrected chi connectivity index (χ4v) is 13.1. The molecule has 2 amide bonds. The van der Waals surface area contributed by atoms with Gasteiger partial charge in [0.15, 0.2) is 0 Å². The van der Waals surface area contributed by atoms with E-state index < -0.39 is 59.4 Å². The van der Waals surface area contributed by atoms with Gasteiger partial charge in [-0.25, -0.2) is 0 Å². The summed E-state index contributed by atoms with van der Waals surface area (Å²) in [7, 11) is 0. The van der Waals surface area contributed by atoms with Crippen molar-refractivity contribution < 1.29 is 43.7 Å². The Morgan fingerprint density at radius 3 is 1.43 bits per heavy atom. The van der Waals surface area contributed by atoms with Crippen LogP contribution < -0.4 is 18.4 Å². The molecular formula is C26H22F4N2O2Ti. The summed E-state index contributed by atoms with van der Waals surface area (Å²) in [6.45, 7) is 2.36. The number of rotatable bonds is 6. The molecule has 0 aromatic heterocycles. The van der Waals surface area contributed by atoms with Crippen molar-refractivity contribution in [3.8, 4) is 0 Å². The van der Waals surface area contributed by atoms with Gasteiger partial charge in [-0.3, -0.25) is 0 Å². The first-order valence-corrected chi connectivity index (χ1v) is 14.0. The summed E-state index contributed by atoms with van der Waals surface area (Å²) >= 11 is -5.00. The van der Waals surface area contributed by atoms with E-state index in [1.807, 2.05) is 0 Å². The number of halogens is 4. The molecular weight excluding hydrogens is 496 g/mol. The molecule has 0 saturated carbocycles. The van der Waals surface area contributed by atoms with Crippen molar-refractivity contribution in [3.05, 3.63) is 91.7 Å². The summed E-state index contributed by atoms with van der Waals surface area (Å²) in [6, 6.07) is 4.18. The zero-order valence-electron chi connectivity index (χ0n) is 19.0. The van der Waals surface area contributed by atoms with Gasteiger partial charge in [0.2, 0.25) is 0 Å². The summed E-state index contributed by atoms with van der Waals surface area (Å²) in [5, 5.41) is 4.69. The van der Waals surface area contributed by atoms with Crippen molar-refractivity contribution in [2.75, 3.05) is 10.6 Å². The third-order valence-corrected chi connectivity index (χ3v) is 14.0. The average Bonchev–Trinajstić information content (AvgIpc) is 3.51. The minimum absolute atomic E-state index is 0.254. The second-order valence-electron chi connectivity index (χ2n) is 8.33. The molecule has 0 saturated heterocycles. The van der Waals surface area contributed by atoms with E-state index in [4.69, 9.17) is 0 Å². The molecule has 0 bridgehead atoms. The number of amides is 2. The quantitative estimate of drug-likeness (QED) is 0.420. The first-order valence-electron chi connectivity index (χ1n) is 10.9. The van der Waals surface area contributed by atoms with Crippen LogP contribution in [0.4, 0.5) is 28.9 Å². The maximum atomic E-state index is 16.1. The first kappa shape index (κ1) is 24.9. The van der Waals surface area contributed by atoms with Crippen molar-refractivity contribution in [2.45, 2.75) is 26.7 Å². The van der Waals surface area contributed by atoms with Crippen LogP contribution in [0, 0.1) is 23.3 Å². The topological polar surface area (TPSA) is 58.2 Å². The number of benzene rings is 2. The minimum atomic E-state index is -5.00. The second-order valence-corrected chi connectivity index (χ2v) is 14.2. The Bertz CT molecular complexity index is 1260. The van der Waals surface area contributed by atoms with Crippen LogP contribution in [0.3, 0.4) is 0 Å². The number of anilines is 2. The molecule has 4 rings (SSSR count). The summed E-state index contributed by atoms with van der Waals surface area (Å²) in [5.74, 6) is -5.20. The van der Waals surface area contributed by atoms with Gasteiger partial charge in [-0.2, -0.15) is 0 Å². The van der Waals surface area contributed by atoms with Gasteiger partial charge >= 0.3 is 204 Å². The molecule has 0 fully saturated rings. The van der Waals surface area contributed by atoms with E-state index in [0.29, 0.717) is 7.76 Å². The van der Waals surface area contributed by atoms with Gasteiger partial charge in [0.05, 0.1) is 0 Å². The van der Waals surface area contributed by atoms with Gasteiger partial charge in [-0.15, -0.1) is 0 Å². The number of carbonyl (C=O) groups is 2. The van der Waals surface area contributed by atoms with E-state index in [1.165, 1.54) is 13.8 Å². The Labute approximate surface area is 203 Å². The predicted octanol–water partition coefficient (Wildman–Crippen LogP) is 4.95. The Kier molecular flexibility index (Phi) is 6.96. The van der Waals surface area contributed by atoms with E-state index in [2.05, 4.69) is 10.6 Å². The number of allylic oxidation sites excluding steroid dienone is 8. The molecule has 2 aliphatic rings. The molecule has 0 spiro atoms. The van der Waals surface area contributed by atoms with E-state index in [-0.39, 0.29) is 24.2 Å². The zero-order chi connectivity index (χ0) is 25.3. The molecule has 2 aliphatic carbocycles. The van der Waals surface area contributed by atoms with Gasteiger partial charge < -0.3 is 0 Å². The molecule has 2 aromatic carbocycles. The monoisotopic (exact) mass is 518 g/mol. The fourth-order valence-electron chi connectivity index (χ4n) is 4.79. The standard InChI is InChI=1S/2C8H6F2NO.2C5H5.Ti/c2*1-5(12)11-8-3-2-6(9)4-7(8)10;2*1-2-4-5-3-1;/h2*2-3H,1H3,(H,11,12);2*1-3H,4H2;. The van der Waals surface area contributed by atoms with Crippen LogP contribution in [-0.2, 0) is 26.2 Å². The predicted molar refractivity (Wildman–Crippen MR) is 124 cm³/mol. The van der Waals surface area contributed by atoms with Crippen molar-refractivity contribution >= 4 is 30.9 Å². The van der Waals surface area contributed by atoms with Crippen molar-refractivity contribution in [1.82, 2.24) is 0 Å². The van der Waals surface area contributed by atoms with Crippen molar-refractivity contribution in [1.29, 1.82) is 0 Å². The molecule has 180 valence electrons. The Morgan fingerprint density at radius 2 is 1.11 bits per heavy atom. The molecule has 0 aliphatic heterocycles. The molecule has 0 unspecified atom stereocenters. The van der Waals surface area contributed by atoms with Gasteiger partial charge in [-0.05, 0) is 0 Å².